The topological polar surface area (TPSA) is 44.5 Å². The molecule has 3 nitrogen and oxygen atoms in total. The number of halogens is 2. The van der Waals surface area contributed by atoms with E-state index in [0.29, 0.717) is 19.0 Å². The number of hydrogen-bond acceptors (Lipinski definition) is 3. The van der Waals surface area contributed by atoms with Crippen LogP contribution in [0, 0.1) is 0 Å². The molecular formula is C16H23BrClNO2. The molecule has 0 aliphatic rings. The monoisotopic (exact) mass is 375 g/mol. The predicted octanol–water partition coefficient (Wildman–Crippen LogP) is 4.65. The van der Waals surface area contributed by atoms with Gasteiger partial charge in [-0.25, -0.2) is 0 Å². The van der Waals surface area contributed by atoms with Gasteiger partial charge in [-0.05, 0) is 65.9 Å². The molecule has 2 N–H and O–H groups in total. The zero-order valence-electron chi connectivity index (χ0n) is 12.8. The summed E-state index contributed by atoms with van der Waals surface area (Å²) in [6.45, 7) is 6.95. The van der Waals surface area contributed by atoms with Crippen molar-refractivity contribution in [3.05, 3.63) is 33.3 Å². The Balaban J connectivity index is 3.00. The van der Waals surface area contributed by atoms with Crippen LogP contribution in [-0.4, -0.2) is 19.3 Å². The van der Waals surface area contributed by atoms with E-state index in [9.17, 15) is 0 Å². The normalized spacial score (nSPS) is 13.1. The molecule has 1 atom stereocenters. The van der Waals surface area contributed by atoms with E-state index in [1.165, 1.54) is 5.54 Å². The molecule has 1 aromatic rings. The van der Waals surface area contributed by atoms with Crippen LogP contribution in [0.1, 0.15) is 32.8 Å². The summed E-state index contributed by atoms with van der Waals surface area (Å²) in [5, 5.41) is 0. The predicted molar refractivity (Wildman–Crippen MR) is 92.4 cm³/mol. The van der Waals surface area contributed by atoms with E-state index < -0.39 is 0 Å². The average Bonchev–Trinajstić information content (AvgIpc) is 2.46. The molecule has 0 amide bonds. The quantitative estimate of drug-likeness (QED) is 0.718. The summed E-state index contributed by atoms with van der Waals surface area (Å²) in [5.74, 6) is 1.43. The third kappa shape index (κ3) is 5.89. The second-order valence-electron chi connectivity index (χ2n) is 4.95. The molecule has 0 aliphatic heterocycles. The van der Waals surface area contributed by atoms with Gasteiger partial charge < -0.3 is 15.2 Å². The van der Waals surface area contributed by atoms with Crippen LogP contribution in [0.5, 0.6) is 11.5 Å². The van der Waals surface area contributed by atoms with Gasteiger partial charge in [0.15, 0.2) is 11.5 Å². The van der Waals surface area contributed by atoms with Gasteiger partial charge in [0.05, 0.1) is 11.1 Å². The first-order valence-electron chi connectivity index (χ1n) is 7.11. The molecule has 0 heterocycles. The Bertz CT molecular complexity index is 491. The second kappa shape index (κ2) is 9.34. The van der Waals surface area contributed by atoms with Gasteiger partial charge in [0.25, 0.3) is 0 Å². The highest BCUT2D eigenvalue weighted by Gasteiger charge is 2.13. The molecule has 0 spiro atoms. The number of nitrogens with two attached hydrogens (primary N) is 1. The first-order chi connectivity index (χ1) is 10.0. The van der Waals surface area contributed by atoms with Crippen LogP contribution >= 0.6 is 27.5 Å². The fourth-order valence-electron chi connectivity index (χ4n) is 1.81. The maximum atomic E-state index is 6.02. The van der Waals surface area contributed by atoms with Gasteiger partial charge in [-0.15, -0.1) is 0 Å². The highest BCUT2D eigenvalue weighted by atomic mass is 79.9. The number of benzene rings is 1. The van der Waals surface area contributed by atoms with Crippen LogP contribution in [0.25, 0.3) is 0 Å². The summed E-state index contributed by atoms with van der Waals surface area (Å²) >= 11 is 9.21. The average molecular weight is 377 g/mol. The molecule has 0 fully saturated rings. The molecule has 0 aromatic heterocycles. The Hall–Kier alpha value is -0.710. The first-order valence-corrected chi connectivity index (χ1v) is 8.34. The van der Waals surface area contributed by atoms with Crippen molar-refractivity contribution in [2.24, 2.45) is 5.73 Å². The Morgan fingerprint density at radius 3 is 2.67 bits per heavy atom. The molecule has 21 heavy (non-hydrogen) atoms. The SMILES string of the molecule is CCOc1cc(CC(N)CC)cc(Br)c1OC/C(C)=C/Cl. The van der Waals surface area contributed by atoms with E-state index in [-0.39, 0.29) is 6.04 Å². The van der Waals surface area contributed by atoms with E-state index in [2.05, 4.69) is 22.9 Å². The minimum absolute atomic E-state index is 0.152. The lowest BCUT2D eigenvalue weighted by Gasteiger charge is -2.17. The van der Waals surface area contributed by atoms with Gasteiger partial charge in [-0.1, -0.05) is 18.5 Å². The summed E-state index contributed by atoms with van der Waals surface area (Å²) < 4.78 is 12.4. The molecule has 0 aliphatic carbocycles. The third-order valence-electron chi connectivity index (χ3n) is 3.02. The maximum Gasteiger partial charge on any atom is 0.175 e. The smallest absolute Gasteiger partial charge is 0.175 e. The van der Waals surface area contributed by atoms with E-state index in [0.717, 1.165) is 34.2 Å². The highest BCUT2D eigenvalue weighted by Crippen LogP contribution is 2.37. The summed E-state index contributed by atoms with van der Waals surface area (Å²) in [6.07, 6.45) is 1.76. The molecule has 0 bridgehead atoms. The second-order valence-corrected chi connectivity index (χ2v) is 6.03. The Labute approximate surface area is 140 Å². The zero-order valence-corrected chi connectivity index (χ0v) is 15.1. The lowest BCUT2D eigenvalue weighted by molar-refractivity contribution is 0.291. The number of rotatable bonds is 8. The van der Waals surface area contributed by atoms with Gasteiger partial charge in [0.1, 0.15) is 6.61 Å². The lowest BCUT2D eigenvalue weighted by Crippen LogP contribution is -2.21. The summed E-state index contributed by atoms with van der Waals surface area (Å²) in [5.41, 5.74) is 9.62. The minimum Gasteiger partial charge on any atom is -0.490 e. The van der Waals surface area contributed by atoms with Crippen LogP contribution in [-0.2, 0) is 6.42 Å². The molecule has 0 radical (unpaired) electrons. The molecule has 1 unspecified atom stereocenters. The summed E-state index contributed by atoms with van der Waals surface area (Å²) in [7, 11) is 0. The van der Waals surface area contributed by atoms with Crippen molar-refractivity contribution in [1.29, 1.82) is 0 Å². The van der Waals surface area contributed by atoms with Gasteiger partial charge in [0, 0.05) is 11.6 Å². The molecule has 118 valence electrons. The zero-order chi connectivity index (χ0) is 15.8. The van der Waals surface area contributed by atoms with Gasteiger partial charge in [-0.3, -0.25) is 0 Å². The summed E-state index contributed by atoms with van der Waals surface area (Å²) in [6, 6.07) is 4.19. The van der Waals surface area contributed by atoms with Crippen molar-refractivity contribution in [1.82, 2.24) is 0 Å². The van der Waals surface area contributed by atoms with E-state index >= 15 is 0 Å². The fourth-order valence-corrected chi connectivity index (χ4v) is 2.47. The van der Waals surface area contributed by atoms with Crippen molar-refractivity contribution in [3.63, 3.8) is 0 Å². The standard InChI is InChI=1S/C16H23BrClNO2/c1-4-13(19)6-12-7-14(17)16(15(8-12)20-5-2)21-10-11(3)9-18/h7-9,13H,4-6,10,19H2,1-3H3/b11-9+. The largest absolute Gasteiger partial charge is 0.490 e. The number of ether oxygens (including phenoxy) is 2. The Morgan fingerprint density at radius 2 is 2.10 bits per heavy atom. The van der Waals surface area contributed by atoms with Gasteiger partial charge in [-0.2, -0.15) is 0 Å². The van der Waals surface area contributed by atoms with Crippen molar-refractivity contribution in [2.75, 3.05) is 13.2 Å². The van der Waals surface area contributed by atoms with Crippen LogP contribution in [0.3, 0.4) is 0 Å². The van der Waals surface area contributed by atoms with E-state index in [4.69, 9.17) is 26.8 Å². The maximum absolute atomic E-state index is 6.02. The van der Waals surface area contributed by atoms with Crippen molar-refractivity contribution in [3.8, 4) is 11.5 Å². The molecule has 5 heteroatoms. The summed E-state index contributed by atoms with van der Waals surface area (Å²) in [4.78, 5) is 0. The van der Waals surface area contributed by atoms with Crippen LogP contribution in [0.2, 0.25) is 0 Å². The van der Waals surface area contributed by atoms with Crippen molar-refractivity contribution >= 4 is 27.5 Å². The minimum atomic E-state index is 0.152. The molecule has 0 saturated carbocycles. The van der Waals surface area contributed by atoms with Gasteiger partial charge >= 0.3 is 0 Å². The lowest BCUT2D eigenvalue weighted by atomic mass is 10.0. The molecule has 1 rings (SSSR count). The Morgan fingerprint density at radius 1 is 1.38 bits per heavy atom. The van der Waals surface area contributed by atoms with E-state index in [1.807, 2.05) is 26.0 Å². The van der Waals surface area contributed by atoms with Crippen LogP contribution in [0.4, 0.5) is 0 Å². The van der Waals surface area contributed by atoms with Crippen molar-refractivity contribution in [2.45, 2.75) is 39.7 Å². The van der Waals surface area contributed by atoms with Crippen LogP contribution in [0.15, 0.2) is 27.7 Å². The molecular weight excluding hydrogens is 354 g/mol. The Kier molecular flexibility index (Phi) is 8.15. The fraction of sp³-hybridized carbons (Fsp3) is 0.500. The third-order valence-corrected chi connectivity index (χ3v) is 3.98. The molecule has 1 aromatic carbocycles. The molecule has 0 saturated heterocycles. The number of hydrogen-bond donors (Lipinski definition) is 1. The van der Waals surface area contributed by atoms with E-state index in [1.54, 1.807) is 0 Å². The van der Waals surface area contributed by atoms with Gasteiger partial charge in [0.2, 0.25) is 0 Å². The van der Waals surface area contributed by atoms with Crippen LogP contribution < -0.4 is 15.2 Å². The van der Waals surface area contributed by atoms with Crippen molar-refractivity contribution < 1.29 is 9.47 Å². The highest BCUT2D eigenvalue weighted by molar-refractivity contribution is 9.10. The first kappa shape index (κ1) is 18.3.